The highest BCUT2D eigenvalue weighted by atomic mass is 79.9. The third kappa shape index (κ3) is 3.29. The molecule has 1 heterocycles. The SMILES string of the molecule is OCC1(NCc2ccc(Br)c(F)c2)CCOCC1. The lowest BCUT2D eigenvalue weighted by Crippen LogP contribution is -2.51. The van der Waals surface area contributed by atoms with E-state index in [-0.39, 0.29) is 18.0 Å². The van der Waals surface area contributed by atoms with E-state index in [0.29, 0.717) is 24.2 Å². The summed E-state index contributed by atoms with van der Waals surface area (Å²) in [7, 11) is 0. The predicted octanol–water partition coefficient (Wildman–Crippen LogP) is 2.22. The Balaban J connectivity index is 1.98. The van der Waals surface area contributed by atoms with Gasteiger partial charge < -0.3 is 15.2 Å². The number of aliphatic hydroxyl groups excluding tert-OH is 1. The summed E-state index contributed by atoms with van der Waals surface area (Å²) in [5, 5.41) is 12.9. The molecule has 0 atom stereocenters. The minimum atomic E-state index is -0.290. The molecule has 2 N–H and O–H groups in total. The van der Waals surface area contributed by atoms with E-state index >= 15 is 0 Å². The van der Waals surface area contributed by atoms with E-state index in [9.17, 15) is 9.50 Å². The third-order valence-corrected chi connectivity index (χ3v) is 4.05. The van der Waals surface area contributed by atoms with E-state index in [1.54, 1.807) is 6.07 Å². The van der Waals surface area contributed by atoms with Gasteiger partial charge in [0, 0.05) is 25.3 Å². The number of hydrogen-bond acceptors (Lipinski definition) is 3. The molecule has 2 rings (SSSR count). The Bertz CT molecular complexity index is 408. The van der Waals surface area contributed by atoms with E-state index in [2.05, 4.69) is 21.2 Å². The molecule has 0 aliphatic carbocycles. The van der Waals surface area contributed by atoms with Crippen LogP contribution in [0.15, 0.2) is 22.7 Å². The second kappa shape index (κ2) is 6.10. The van der Waals surface area contributed by atoms with Gasteiger partial charge in [0.05, 0.1) is 11.1 Å². The first-order valence-electron chi connectivity index (χ1n) is 6.03. The molecule has 0 saturated carbocycles. The van der Waals surface area contributed by atoms with E-state index in [1.165, 1.54) is 6.07 Å². The highest BCUT2D eigenvalue weighted by Crippen LogP contribution is 2.21. The largest absolute Gasteiger partial charge is 0.394 e. The summed E-state index contributed by atoms with van der Waals surface area (Å²) in [4.78, 5) is 0. The topological polar surface area (TPSA) is 41.5 Å². The molecule has 1 saturated heterocycles. The number of ether oxygens (including phenoxy) is 1. The molecule has 0 unspecified atom stereocenters. The lowest BCUT2D eigenvalue weighted by molar-refractivity contribution is 0.0111. The highest BCUT2D eigenvalue weighted by Gasteiger charge is 2.31. The molecule has 1 aliphatic rings. The maximum Gasteiger partial charge on any atom is 0.137 e. The summed E-state index contributed by atoms with van der Waals surface area (Å²) in [6, 6.07) is 5.06. The lowest BCUT2D eigenvalue weighted by atomic mass is 9.91. The fourth-order valence-electron chi connectivity index (χ4n) is 2.09. The van der Waals surface area contributed by atoms with E-state index in [0.717, 1.165) is 18.4 Å². The van der Waals surface area contributed by atoms with E-state index in [1.807, 2.05) is 6.07 Å². The molecule has 100 valence electrons. The Morgan fingerprint density at radius 1 is 1.39 bits per heavy atom. The van der Waals surface area contributed by atoms with Gasteiger partial charge in [-0.2, -0.15) is 0 Å². The monoisotopic (exact) mass is 317 g/mol. The van der Waals surface area contributed by atoms with Crippen LogP contribution in [-0.2, 0) is 11.3 Å². The number of rotatable bonds is 4. The molecule has 0 amide bonds. The van der Waals surface area contributed by atoms with Crippen LogP contribution in [0.2, 0.25) is 0 Å². The molecule has 0 spiro atoms. The van der Waals surface area contributed by atoms with Gasteiger partial charge in [-0.15, -0.1) is 0 Å². The van der Waals surface area contributed by atoms with Crippen molar-refractivity contribution in [2.24, 2.45) is 0 Å². The van der Waals surface area contributed by atoms with Gasteiger partial charge in [-0.1, -0.05) is 6.07 Å². The van der Waals surface area contributed by atoms with Crippen LogP contribution in [0.25, 0.3) is 0 Å². The number of benzene rings is 1. The Labute approximate surface area is 114 Å². The van der Waals surface area contributed by atoms with Crippen LogP contribution in [0.5, 0.6) is 0 Å². The van der Waals surface area contributed by atoms with Gasteiger partial charge in [0.25, 0.3) is 0 Å². The van der Waals surface area contributed by atoms with Crippen molar-refractivity contribution in [1.29, 1.82) is 0 Å². The molecule has 0 aromatic heterocycles. The second-order valence-corrected chi connectivity index (χ2v) is 5.51. The Kier molecular flexibility index (Phi) is 4.72. The molecule has 1 fully saturated rings. The van der Waals surface area contributed by atoms with Crippen molar-refractivity contribution in [3.8, 4) is 0 Å². The fraction of sp³-hybridized carbons (Fsp3) is 0.538. The summed E-state index contributed by atoms with van der Waals surface area (Å²) in [6.45, 7) is 1.94. The zero-order valence-electron chi connectivity index (χ0n) is 10.1. The maximum atomic E-state index is 13.4. The Morgan fingerprint density at radius 2 is 2.11 bits per heavy atom. The first-order chi connectivity index (χ1) is 8.65. The van der Waals surface area contributed by atoms with Crippen LogP contribution in [0, 0.1) is 5.82 Å². The lowest BCUT2D eigenvalue weighted by Gasteiger charge is -2.36. The van der Waals surface area contributed by atoms with Gasteiger partial charge in [-0.05, 0) is 46.5 Å². The highest BCUT2D eigenvalue weighted by molar-refractivity contribution is 9.10. The molecule has 1 aromatic carbocycles. The predicted molar refractivity (Wildman–Crippen MR) is 70.8 cm³/mol. The maximum absolute atomic E-state index is 13.4. The van der Waals surface area contributed by atoms with Gasteiger partial charge in [0.1, 0.15) is 5.82 Å². The summed E-state index contributed by atoms with van der Waals surface area (Å²) < 4.78 is 19.1. The Morgan fingerprint density at radius 3 is 2.72 bits per heavy atom. The van der Waals surface area contributed by atoms with E-state index in [4.69, 9.17) is 4.74 Å². The molecule has 1 aliphatic heterocycles. The molecule has 3 nitrogen and oxygen atoms in total. The van der Waals surface area contributed by atoms with Crippen LogP contribution in [0.3, 0.4) is 0 Å². The van der Waals surface area contributed by atoms with Gasteiger partial charge in [0.15, 0.2) is 0 Å². The van der Waals surface area contributed by atoms with Crippen molar-refractivity contribution in [3.05, 3.63) is 34.1 Å². The van der Waals surface area contributed by atoms with Gasteiger partial charge in [-0.3, -0.25) is 0 Å². The molecular formula is C13H17BrFNO2. The molecular weight excluding hydrogens is 301 g/mol. The quantitative estimate of drug-likeness (QED) is 0.894. The smallest absolute Gasteiger partial charge is 0.137 e. The van der Waals surface area contributed by atoms with Crippen molar-refractivity contribution in [2.75, 3.05) is 19.8 Å². The van der Waals surface area contributed by atoms with Gasteiger partial charge in [0.2, 0.25) is 0 Å². The van der Waals surface area contributed by atoms with Crippen molar-refractivity contribution >= 4 is 15.9 Å². The number of halogens is 2. The van der Waals surface area contributed by atoms with Crippen LogP contribution < -0.4 is 5.32 Å². The van der Waals surface area contributed by atoms with Crippen LogP contribution in [0.1, 0.15) is 18.4 Å². The summed E-state index contributed by atoms with van der Waals surface area (Å²) in [5.74, 6) is -0.265. The molecule has 0 radical (unpaired) electrons. The number of nitrogens with one attached hydrogen (secondary N) is 1. The molecule has 0 bridgehead atoms. The van der Waals surface area contributed by atoms with Crippen molar-refractivity contribution < 1.29 is 14.2 Å². The number of hydrogen-bond donors (Lipinski definition) is 2. The first kappa shape index (κ1) is 13.9. The van der Waals surface area contributed by atoms with Crippen molar-refractivity contribution in [2.45, 2.75) is 24.9 Å². The zero-order chi connectivity index (χ0) is 13.0. The van der Waals surface area contributed by atoms with Gasteiger partial charge >= 0.3 is 0 Å². The number of aliphatic hydroxyl groups is 1. The first-order valence-corrected chi connectivity index (χ1v) is 6.82. The van der Waals surface area contributed by atoms with Crippen molar-refractivity contribution in [3.63, 3.8) is 0 Å². The second-order valence-electron chi connectivity index (χ2n) is 4.65. The third-order valence-electron chi connectivity index (χ3n) is 3.40. The normalized spacial score (nSPS) is 18.8. The molecule has 18 heavy (non-hydrogen) atoms. The average molecular weight is 318 g/mol. The minimum absolute atomic E-state index is 0.0787. The Hall–Kier alpha value is -0.490. The zero-order valence-corrected chi connectivity index (χ0v) is 11.7. The fourth-order valence-corrected chi connectivity index (χ4v) is 2.34. The summed E-state index contributed by atoms with van der Waals surface area (Å²) in [5.41, 5.74) is 0.581. The van der Waals surface area contributed by atoms with Crippen LogP contribution >= 0.6 is 15.9 Å². The minimum Gasteiger partial charge on any atom is -0.394 e. The standard InChI is InChI=1S/C13H17BrFNO2/c14-11-2-1-10(7-12(11)15)8-16-13(9-17)3-5-18-6-4-13/h1-2,7,16-17H,3-6,8-9H2. The summed E-state index contributed by atoms with van der Waals surface area (Å²) in [6.07, 6.45) is 1.56. The molecule has 5 heteroatoms. The van der Waals surface area contributed by atoms with Gasteiger partial charge in [-0.25, -0.2) is 4.39 Å². The van der Waals surface area contributed by atoms with Crippen LogP contribution in [0.4, 0.5) is 4.39 Å². The summed E-state index contributed by atoms with van der Waals surface area (Å²) >= 11 is 3.13. The van der Waals surface area contributed by atoms with Crippen LogP contribution in [-0.4, -0.2) is 30.5 Å². The average Bonchev–Trinajstić information content (AvgIpc) is 2.41. The van der Waals surface area contributed by atoms with E-state index < -0.39 is 0 Å². The van der Waals surface area contributed by atoms with Crippen molar-refractivity contribution in [1.82, 2.24) is 5.32 Å². The molecule has 1 aromatic rings.